The quantitative estimate of drug-likeness (QED) is 0.258. The number of hydrogen-bond acceptors (Lipinski definition) is 6. The predicted octanol–water partition coefficient (Wildman–Crippen LogP) is 5.22. The van der Waals surface area contributed by atoms with Crippen LogP contribution >= 0.6 is 0 Å². The Kier molecular flexibility index (Phi) is 6.48. The highest BCUT2D eigenvalue weighted by atomic mass is 16.6. The van der Waals surface area contributed by atoms with Crippen molar-refractivity contribution in [2.24, 2.45) is 0 Å². The SMILES string of the molecule is COc1ccc([C@@H]2N[C@]3(C(=O)N(Cc4ccccc4)c4ccccc43)[C@@H](c3cccc(OC)c3)[C@@H]2[N+](=O)[O-])cc1. The lowest BCUT2D eigenvalue weighted by atomic mass is 9.74. The van der Waals surface area contributed by atoms with Gasteiger partial charge in [0.2, 0.25) is 6.04 Å². The summed E-state index contributed by atoms with van der Waals surface area (Å²) in [5, 5.41) is 16.5. The number of nitro groups is 1. The zero-order chi connectivity index (χ0) is 27.9. The van der Waals surface area contributed by atoms with E-state index in [1.54, 1.807) is 43.4 Å². The Hall–Kier alpha value is -4.69. The largest absolute Gasteiger partial charge is 0.497 e. The Morgan fingerprint density at radius 2 is 1.55 bits per heavy atom. The maximum Gasteiger partial charge on any atom is 0.253 e. The molecule has 40 heavy (non-hydrogen) atoms. The van der Waals surface area contributed by atoms with Gasteiger partial charge in [-0.2, -0.15) is 0 Å². The molecule has 8 heteroatoms. The summed E-state index contributed by atoms with van der Waals surface area (Å²) in [4.78, 5) is 29.2. The lowest BCUT2D eigenvalue weighted by Crippen LogP contribution is -2.50. The number of methoxy groups -OCH3 is 2. The number of benzene rings is 4. The zero-order valence-corrected chi connectivity index (χ0v) is 22.2. The summed E-state index contributed by atoms with van der Waals surface area (Å²) in [5.74, 6) is 0.185. The van der Waals surface area contributed by atoms with Gasteiger partial charge in [0.15, 0.2) is 0 Å². The molecule has 1 fully saturated rings. The Balaban J connectivity index is 1.57. The summed E-state index contributed by atoms with van der Waals surface area (Å²) >= 11 is 0. The van der Waals surface area contributed by atoms with Gasteiger partial charge in [-0.1, -0.05) is 72.8 Å². The number of nitrogens with one attached hydrogen (secondary N) is 1. The van der Waals surface area contributed by atoms with Crippen molar-refractivity contribution in [3.8, 4) is 11.5 Å². The number of fused-ring (bicyclic) bond motifs is 2. The van der Waals surface area contributed by atoms with Gasteiger partial charge in [-0.15, -0.1) is 0 Å². The van der Waals surface area contributed by atoms with E-state index in [0.29, 0.717) is 29.2 Å². The van der Waals surface area contributed by atoms with Gasteiger partial charge in [-0.25, -0.2) is 0 Å². The maximum absolute atomic E-state index is 14.8. The summed E-state index contributed by atoms with van der Waals surface area (Å²) in [6.45, 7) is 0.348. The standard InChI is InChI=1S/C32H29N3O5/c1-39-24-17-15-22(16-18-24)29-30(35(37)38)28(23-11-8-12-25(19-23)40-2)32(33-29)26-13-6-7-14-27(26)34(31(32)36)20-21-9-4-3-5-10-21/h3-19,28-30,33H,20H2,1-2H3/t28-,29-,30-,32-/m0/s1. The number of ether oxygens (including phenoxy) is 2. The lowest BCUT2D eigenvalue weighted by molar-refractivity contribution is -0.527. The van der Waals surface area contributed by atoms with E-state index in [1.807, 2.05) is 78.9 Å². The van der Waals surface area contributed by atoms with Crippen LogP contribution in [-0.2, 0) is 16.9 Å². The second-order valence-corrected chi connectivity index (χ2v) is 10.1. The average molecular weight is 536 g/mol. The minimum absolute atomic E-state index is 0.215. The molecule has 4 aromatic carbocycles. The molecule has 1 saturated heterocycles. The molecule has 0 bridgehead atoms. The highest BCUT2D eigenvalue weighted by Crippen LogP contribution is 2.57. The second kappa shape index (κ2) is 10.1. The summed E-state index contributed by atoms with van der Waals surface area (Å²) in [6, 6.07) is 29.9. The van der Waals surface area contributed by atoms with Crippen LogP contribution in [0.4, 0.5) is 5.69 Å². The minimum Gasteiger partial charge on any atom is -0.497 e. The van der Waals surface area contributed by atoms with Crippen molar-refractivity contribution >= 4 is 11.6 Å². The molecular weight excluding hydrogens is 506 g/mol. The molecule has 1 N–H and O–H groups in total. The molecule has 2 heterocycles. The molecule has 6 rings (SSSR count). The molecule has 0 aliphatic carbocycles. The predicted molar refractivity (Wildman–Crippen MR) is 151 cm³/mol. The number of anilines is 1. The van der Waals surface area contributed by atoms with Gasteiger partial charge >= 0.3 is 0 Å². The van der Waals surface area contributed by atoms with Crippen LogP contribution in [-0.4, -0.2) is 31.1 Å². The van der Waals surface area contributed by atoms with E-state index < -0.39 is 23.5 Å². The van der Waals surface area contributed by atoms with Gasteiger partial charge in [0.25, 0.3) is 5.91 Å². The van der Waals surface area contributed by atoms with Crippen molar-refractivity contribution in [1.82, 2.24) is 5.32 Å². The van der Waals surface area contributed by atoms with Crippen molar-refractivity contribution in [2.75, 3.05) is 19.1 Å². The molecule has 1 amide bonds. The molecule has 2 aliphatic heterocycles. The highest BCUT2D eigenvalue weighted by Gasteiger charge is 2.68. The maximum atomic E-state index is 14.8. The highest BCUT2D eigenvalue weighted by molar-refractivity contribution is 6.09. The number of amides is 1. The van der Waals surface area contributed by atoms with E-state index in [4.69, 9.17) is 9.47 Å². The fraction of sp³-hybridized carbons (Fsp3) is 0.219. The fourth-order valence-electron chi connectivity index (χ4n) is 6.33. The van der Waals surface area contributed by atoms with E-state index in [-0.39, 0.29) is 10.8 Å². The Labute approximate surface area is 232 Å². The molecule has 0 radical (unpaired) electrons. The number of carbonyl (C=O) groups is 1. The van der Waals surface area contributed by atoms with Crippen LogP contribution in [0.3, 0.4) is 0 Å². The summed E-state index contributed by atoms with van der Waals surface area (Å²) in [5.41, 5.74) is 2.44. The van der Waals surface area contributed by atoms with Crippen LogP contribution in [0.15, 0.2) is 103 Å². The van der Waals surface area contributed by atoms with Crippen LogP contribution in [0, 0.1) is 10.1 Å². The topological polar surface area (TPSA) is 93.9 Å². The first kappa shape index (κ1) is 25.6. The second-order valence-electron chi connectivity index (χ2n) is 10.1. The molecule has 8 nitrogen and oxygen atoms in total. The van der Waals surface area contributed by atoms with Crippen molar-refractivity contribution in [3.05, 3.63) is 135 Å². The van der Waals surface area contributed by atoms with Crippen molar-refractivity contribution in [1.29, 1.82) is 0 Å². The molecule has 4 atom stereocenters. The minimum atomic E-state index is -1.37. The van der Waals surface area contributed by atoms with Crippen LogP contribution in [0.5, 0.6) is 11.5 Å². The number of rotatable bonds is 7. The van der Waals surface area contributed by atoms with Gasteiger partial charge < -0.3 is 14.4 Å². The van der Waals surface area contributed by atoms with E-state index >= 15 is 0 Å². The van der Waals surface area contributed by atoms with E-state index in [2.05, 4.69) is 5.32 Å². The Morgan fingerprint density at radius 3 is 2.25 bits per heavy atom. The third kappa shape index (κ3) is 3.99. The zero-order valence-electron chi connectivity index (χ0n) is 22.2. The van der Waals surface area contributed by atoms with Crippen LogP contribution in [0.25, 0.3) is 0 Å². The molecule has 4 aromatic rings. The van der Waals surface area contributed by atoms with Crippen molar-refractivity contribution in [3.63, 3.8) is 0 Å². The number of nitrogens with zero attached hydrogens (tertiary/aromatic N) is 2. The van der Waals surface area contributed by atoms with Gasteiger partial charge in [-0.3, -0.25) is 20.2 Å². The Bertz CT molecular complexity index is 1560. The van der Waals surface area contributed by atoms with E-state index in [9.17, 15) is 14.9 Å². The number of para-hydroxylation sites is 1. The Morgan fingerprint density at radius 1 is 0.850 bits per heavy atom. The van der Waals surface area contributed by atoms with Gasteiger partial charge in [0, 0.05) is 16.2 Å². The number of carbonyl (C=O) groups excluding carboxylic acids is 1. The molecular formula is C32H29N3O5. The van der Waals surface area contributed by atoms with Gasteiger partial charge in [0.05, 0.1) is 26.7 Å². The normalized spacial score (nSPS) is 23.3. The lowest BCUT2D eigenvalue weighted by Gasteiger charge is -2.31. The molecule has 0 aromatic heterocycles. The van der Waals surface area contributed by atoms with Crippen LogP contribution in [0.1, 0.15) is 34.2 Å². The van der Waals surface area contributed by atoms with E-state index in [1.165, 1.54) is 0 Å². The van der Waals surface area contributed by atoms with Gasteiger partial charge in [0.1, 0.15) is 23.1 Å². The van der Waals surface area contributed by atoms with Gasteiger partial charge in [-0.05, 0) is 47.0 Å². The van der Waals surface area contributed by atoms with E-state index in [0.717, 1.165) is 16.8 Å². The molecule has 0 unspecified atom stereocenters. The molecule has 1 spiro atoms. The molecule has 2 aliphatic rings. The monoisotopic (exact) mass is 535 g/mol. The summed E-state index contributed by atoms with van der Waals surface area (Å²) < 4.78 is 10.8. The summed E-state index contributed by atoms with van der Waals surface area (Å²) in [7, 11) is 3.14. The number of hydrogen-bond donors (Lipinski definition) is 1. The molecule has 0 saturated carbocycles. The first-order valence-electron chi connectivity index (χ1n) is 13.1. The average Bonchev–Trinajstić information content (AvgIpc) is 3.48. The van der Waals surface area contributed by atoms with Crippen LogP contribution < -0.4 is 19.7 Å². The third-order valence-corrected chi connectivity index (χ3v) is 8.09. The third-order valence-electron chi connectivity index (χ3n) is 8.09. The molecule has 202 valence electrons. The van der Waals surface area contributed by atoms with Crippen molar-refractivity contribution < 1.29 is 19.2 Å². The first-order valence-corrected chi connectivity index (χ1v) is 13.1. The smallest absolute Gasteiger partial charge is 0.253 e. The first-order chi connectivity index (χ1) is 19.5. The summed E-state index contributed by atoms with van der Waals surface area (Å²) in [6.07, 6.45) is 0. The van der Waals surface area contributed by atoms with Crippen molar-refractivity contribution in [2.45, 2.75) is 30.1 Å². The fourth-order valence-corrected chi connectivity index (χ4v) is 6.33. The van der Waals surface area contributed by atoms with Crippen LogP contribution in [0.2, 0.25) is 0 Å².